The lowest BCUT2D eigenvalue weighted by Crippen LogP contribution is -2.38. The number of aliphatic hydroxyl groups is 1. The number of hydrogen-bond donors (Lipinski definition) is 1. The summed E-state index contributed by atoms with van der Waals surface area (Å²) in [7, 11) is 2.13. The second kappa shape index (κ2) is 5.52. The SMILES string of the molecule is CC(O)c1cccc(OC2CCCN(C)C2)c1. The minimum Gasteiger partial charge on any atom is -0.489 e. The van der Waals surface area contributed by atoms with Crippen molar-refractivity contribution in [1.29, 1.82) is 0 Å². The summed E-state index contributed by atoms with van der Waals surface area (Å²) < 4.78 is 5.96. The molecule has 17 heavy (non-hydrogen) atoms. The van der Waals surface area contributed by atoms with Crippen molar-refractivity contribution in [3.05, 3.63) is 29.8 Å². The molecular weight excluding hydrogens is 214 g/mol. The Morgan fingerprint density at radius 1 is 1.47 bits per heavy atom. The molecule has 0 radical (unpaired) electrons. The molecule has 1 aliphatic rings. The first-order chi connectivity index (χ1) is 8.15. The summed E-state index contributed by atoms with van der Waals surface area (Å²) in [6, 6.07) is 7.74. The first-order valence-electron chi connectivity index (χ1n) is 6.28. The molecule has 0 spiro atoms. The minimum absolute atomic E-state index is 0.276. The predicted molar refractivity (Wildman–Crippen MR) is 68.2 cm³/mol. The zero-order valence-corrected chi connectivity index (χ0v) is 10.6. The fourth-order valence-electron chi connectivity index (χ4n) is 2.26. The molecule has 2 unspecified atom stereocenters. The molecule has 1 fully saturated rings. The Morgan fingerprint density at radius 3 is 3.00 bits per heavy atom. The Hall–Kier alpha value is -1.06. The largest absolute Gasteiger partial charge is 0.489 e. The van der Waals surface area contributed by atoms with Gasteiger partial charge in [0.15, 0.2) is 0 Å². The van der Waals surface area contributed by atoms with Crippen LogP contribution in [0.25, 0.3) is 0 Å². The van der Waals surface area contributed by atoms with Gasteiger partial charge in [-0.05, 0) is 51.1 Å². The third-order valence-electron chi connectivity index (χ3n) is 3.22. The van der Waals surface area contributed by atoms with Gasteiger partial charge in [0.25, 0.3) is 0 Å². The van der Waals surface area contributed by atoms with Crippen LogP contribution in [0.2, 0.25) is 0 Å². The van der Waals surface area contributed by atoms with Gasteiger partial charge in [0.1, 0.15) is 11.9 Å². The first kappa shape index (κ1) is 12.4. The van der Waals surface area contributed by atoms with Crippen LogP contribution in [0.1, 0.15) is 31.4 Å². The number of hydrogen-bond acceptors (Lipinski definition) is 3. The second-order valence-electron chi connectivity index (χ2n) is 4.89. The van der Waals surface area contributed by atoms with Crippen LogP contribution in [-0.4, -0.2) is 36.2 Å². The van der Waals surface area contributed by atoms with Crippen molar-refractivity contribution >= 4 is 0 Å². The van der Waals surface area contributed by atoms with Crippen molar-refractivity contribution in [2.24, 2.45) is 0 Å². The van der Waals surface area contributed by atoms with Crippen molar-refractivity contribution in [2.45, 2.75) is 32.0 Å². The molecular formula is C14H21NO2. The lowest BCUT2D eigenvalue weighted by atomic mass is 10.1. The Morgan fingerprint density at radius 2 is 2.29 bits per heavy atom. The molecule has 0 amide bonds. The molecule has 2 rings (SSSR count). The van der Waals surface area contributed by atoms with E-state index in [1.807, 2.05) is 24.3 Å². The first-order valence-corrected chi connectivity index (χ1v) is 6.28. The van der Waals surface area contributed by atoms with Crippen LogP contribution < -0.4 is 4.74 Å². The number of nitrogens with zero attached hydrogens (tertiary/aromatic N) is 1. The molecule has 1 N–H and O–H groups in total. The number of likely N-dealkylation sites (N-methyl/N-ethyl adjacent to an activating group) is 1. The third kappa shape index (κ3) is 3.45. The fourth-order valence-corrected chi connectivity index (χ4v) is 2.26. The van der Waals surface area contributed by atoms with Crippen LogP contribution in [0.3, 0.4) is 0 Å². The van der Waals surface area contributed by atoms with Crippen LogP contribution in [-0.2, 0) is 0 Å². The van der Waals surface area contributed by atoms with Gasteiger partial charge >= 0.3 is 0 Å². The minimum atomic E-state index is -0.437. The predicted octanol–water partition coefficient (Wildman–Crippen LogP) is 2.21. The van der Waals surface area contributed by atoms with Crippen molar-refractivity contribution < 1.29 is 9.84 Å². The molecule has 94 valence electrons. The maximum absolute atomic E-state index is 9.53. The normalized spacial score (nSPS) is 23.4. The quantitative estimate of drug-likeness (QED) is 0.872. The second-order valence-corrected chi connectivity index (χ2v) is 4.89. The summed E-state index contributed by atoms with van der Waals surface area (Å²) in [5.41, 5.74) is 0.909. The maximum atomic E-state index is 9.53. The van der Waals surface area contributed by atoms with Crippen molar-refractivity contribution in [3.8, 4) is 5.75 Å². The number of rotatable bonds is 3. The molecule has 0 aliphatic carbocycles. The molecule has 1 saturated heterocycles. The Bertz CT molecular complexity index is 365. The maximum Gasteiger partial charge on any atom is 0.120 e. The molecule has 0 aromatic heterocycles. The standard InChI is InChI=1S/C14H21NO2/c1-11(16)12-5-3-6-13(9-12)17-14-7-4-8-15(2)10-14/h3,5-6,9,11,14,16H,4,7-8,10H2,1-2H3. The zero-order chi connectivity index (χ0) is 12.3. The van der Waals surface area contributed by atoms with Crippen LogP contribution in [0.5, 0.6) is 5.75 Å². The molecule has 1 aromatic carbocycles. The molecule has 3 nitrogen and oxygen atoms in total. The van der Waals surface area contributed by atoms with Gasteiger partial charge in [-0.15, -0.1) is 0 Å². The number of aliphatic hydroxyl groups excluding tert-OH is 1. The number of likely N-dealkylation sites (tertiary alicyclic amines) is 1. The van der Waals surface area contributed by atoms with E-state index >= 15 is 0 Å². The van der Waals surface area contributed by atoms with E-state index in [0.717, 1.165) is 30.8 Å². The lowest BCUT2D eigenvalue weighted by molar-refractivity contribution is 0.104. The van der Waals surface area contributed by atoms with Gasteiger partial charge in [-0.2, -0.15) is 0 Å². The van der Waals surface area contributed by atoms with E-state index < -0.39 is 6.10 Å². The van der Waals surface area contributed by atoms with Gasteiger partial charge in [-0.3, -0.25) is 0 Å². The van der Waals surface area contributed by atoms with E-state index in [-0.39, 0.29) is 6.10 Å². The van der Waals surface area contributed by atoms with Gasteiger partial charge in [0.05, 0.1) is 6.10 Å². The molecule has 0 saturated carbocycles. The van der Waals surface area contributed by atoms with Gasteiger partial charge in [-0.25, -0.2) is 0 Å². The zero-order valence-electron chi connectivity index (χ0n) is 10.6. The molecule has 3 heteroatoms. The molecule has 1 aromatic rings. The van der Waals surface area contributed by atoms with E-state index in [1.54, 1.807) is 6.92 Å². The highest BCUT2D eigenvalue weighted by molar-refractivity contribution is 5.29. The van der Waals surface area contributed by atoms with E-state index in [4.69, 9.17) is 4.74 Å². The smallest absolute Gasteiger partial charge is 0.120 e. The van der Waals surface area contributed by atoms with Gasteiger partial charge in [0.2, 0.25) is 0 Å². The van der Waals surface area contributed by atoms with Gasteiger partial charge in [0, 0.05) is 6.54 Å². The number of piperidine rings is 1. The monoisotopic (exact) mass is 235 g/mol. The van der Waals surface area contributed by atoms with E-state index in [9.17, 15) is 5.11 Å². The lowest BCUT2D eigenvalue weighted by Gasteiger charge is -2.30. The molecule has 1 aliphatic heterocycles. The van der Waals surface area contributed by atoms with E-state index in [1.165, 1.54) is 6.42 Å². The summed E-state index contributed by atoms with van der Waals surface area (Å²) in [5, 5.41) is 9.53. The van der Waals surface area contributed by atoms with E-state index in [2.05, 4.69) is 11.9 Å². The average molecular weight is 235 g/mol. The summed E-state index contributed by atoms with van der Waals surface area (Å²) in [6.07, 6.45) is 2.14. The van der Waals surface area contributed by atoms with Crippen LogP contribution >= 0.6 is 0 Å². The summed E-state index contributed by atoms with van der Waals surface area (Å²) in [4.78, 5) is 2.30. The average Bonchev–Trinajstić information content (AvgIpc) is 2.29. The third-order valence-corrected chi connectivity index (χ3v) is 3.22. The Balaban J connectivity index is 2.00. The highest BCUT2D eigenvalue weighted by Crippen LogP contribution is 2.22. The number of ether oxygens (including phenoxy) is 1. The Kier molecular flexibility index (Phi) is 4.02. The van der Waals surface area contributed by atoms with Crippen molar-refractivity contribution in [2.75, 3.05) is 20.1 Å². The molecule has 2 atom stereocenters. The highest BCUT2D eigenvalue weighted by Gasteiger charge is 2.18. The van der Waals surface area contributed by atoms with Crippen molar-refractivity contribution in [3.63, 3.8) is 0 Å². The van der Waals surface area contributed by atoms with Gasteiger partial charge < -0.3 is 14.7 Å². The summed E-state index contributed by atoms with van der Waals surface area (Å²) in [5.74, 6) is 0.865. The highest BCUT2D eigenvalue weighted by atomic mass is 16.5. The van der Waals surface area contributed by atoms with Crippen LogP contribution in [0.15, 0.2) is 24.3 Å². The fraction of sp³-hybridized carbons (Fsp3) is 0.571. The summed E-state index contributed by atoms with van der Waals surface area (Å²) in [6.45, 7) is 3.92. The van der Waals surface area contributed by atoms with Crippen molar-refractivity contribution in [1.82, 2.24) is 4.90 Å². The molecule has 1 heterocycles. The van der Waals surface area contributed by atoms with Crippen LogP contribution in [0, 0.1) is 0 Å². The van der Waals surface area contributed by atoms with Gasteiger partial charge in [-0.1, -0.05) is 12.1 Å². The Labute approximate surface area is 103 Å². The summed E-state index contributed by atoms with van der Waals surface area (Å²) >= 11 is 0. The van der Waals surface area contributed by atoms with Crippen LogP contribution in [0.4, 0.5) is 0 Å². The van der Waals surface area contributed by atoms with E-state index in [0.29, 0.717) is 0 Å². The number of benzene rings is 1. The molecule has 0 bridgehead atoms. The topological polar surface area (TPSA) is 32.7 Å².